The van der Waals surface area contributed by atoms with Crippen molar-refractivity contribution < 1.29 is 13.9 Å². The number of amides is 1. The second-order valence-electron chi connectivity index (χ2n) is 8.63. The third-order valence-corrected chi connectivity index (χ3v) is 5.15. The van der Waals surface area contributed by atoms with Crippen molar-refractivity contribution in [3.05, 3.63) is 60.2 Å². The van der Waals surface area contributed by atoms with Crippen LogP contribution in [0.1, 0.15) is 39.2 Å². The third kappa shape index (κ3) is 5.34. The number of hydrogen-bond acceptors (Lipinski definition) is 2. The van der Waals surface area contributed by atoms with Gasteiger partial charge in [-0.05, 0) is 75.3 Å². The second kappa shape index (κ2) is 7.75. The fourth-order valence-corrected chi connectivity index (χ4v) is 3.78. The number of rotatable bonds is 4. The average molecular weight is 372 g/mol. The van der Waals surface area contributed by atoms with Gasteiger partial charge in [-0.15, -0.1) is 0 Å². The van der Waals surface area contributed by atoms with Crippen LogP contribution in [-0.4, -0.2) is 34.3 Å². The van der Waals surface area contributed by atoms with Crippen LogP contribution in [0.25, 0.3) is 0 Å². The van der Waals surface area contributed by atoms with E-state index in [-0.39, 0.29) is 17.3 Å². The van der Waals surface area contributed by atoms with E-state index < -0.39 is 5.60 Å². The molecule has 4 nitrogen and oxygen atoms in total. The Morgan fingerprint density at radius 2 is 1.70 bits per heavy atom. The number of carbonyl (C=O) groups is 1. The minimum atomic E-state index is -0.481. The quantitative estimate of drug-likeness (QED) is 0.766. The van der Waals surface area contributed by atoms with Crippen molar-refractivity contribution in [2.45, 2.75) is 52.2 Å². The molecule has 1 amide bonds. The van der Waals surface area contributed by atoms with Crippen LogP contribution in [0.5, 0.6) is 0 Å². The van der Waals surface area contributed by atoms with Crippen molar-refractivity contribution >= 4 is 6.09 Å². The number of hydrogen-bond donors (Lipinski definition) is 0. The molecule has 27 heavy (non-hydrogen) atoms. The molecule has 1 fully saturated rings. The lowest BCUT2D eigenvalue weighted by Crippen LogP contribution is -2.47. The molecule has 1 aromatic heterocycles. The predicted octanol–water partition coefficient (Wildman–Crippen LogP) is 4.89. The van der Waals surface area contributed by atoms with Gasteiger partial charge in [-0.2, -0.15) is 0 Å². The predicted molar refractivity (Wildman–Crippen MR) is 104 cm³/mol. The molecule has 0 radical (unpaired) electrons. The number of piperidine rings is 1. The zero-order valence-electron chi connectivity index (χ0n) is 16.5. The molecule has 1 aliphatic heterocycles. The summed E-state index contributed by atoms with van der Waals surface area (Å²) in [6.45, 7) is 7.91. The first kappa shape index (κ1) is 19.5. The van der Waals surface area contributed by atoms with Crippen LogP contribution in [0.3, 0.4) is 0 Å². The Bertz CT molecular complexity index is 740. The van der Waals surface area contributed by atoms with E-state index in [9.17, 15) is 9.18 Å². The molecule has 1 saturated heterocycles. The third-order valence-electron chi connectivity index (χ3n) is 5.15. The average Bonchev–Trinajstić information content (AvgIpc) is 3.09. The first-order chi connectivity index (χ1) is 12.7. The van der Waals surface area contributed by atoms with Gasteiger partial charge in [0.15, 0.2) is 0 Å². The van der Waals surface area contributed by atoms with E-state index in [2.05, 4.69) is 17.0 Å². The standard InChI is InChI=1S/C22H29FN2O2/c1-21(2,3)27-20(26)25-14-10-22(11-15-25,17-24-12-4-5-13-24)16-18-6-8-19(23)9-7-18/h4-9,12-13H,10-11,14-17H2,1-3H3. The normalized spacial score (nSPS) is 17.0. The largest absolute Gasteiger partial charge is 0.444 e. The summed E-state index contributed by atoms with van der Waals surface area (Å²) in [6, 6.07) is 10.8. The molecular weight excluding hydrogens is 343 g/mol. The molecule has 1 aromatic carbocycles. The van der Waals surface area contributed by atoms with Gasteiger partial charge in [-0.3, -0.25) is 0 Å². The number of nitrogens with zero attached hydrogens (tertiary/aromatic N) is 2. The lowest BCUT2D eigenvalue weighted by Gasteiger charge is -2.42. The van der Waals surface area contributed by atoms with Gasteiger partial charge in [0.2, 0.25) is 0 Å². The van der Waals surface area contributed by atoms with Crippen molar-refractivity contribution in [1.29, 1.82) is 0 Å². The van der Waals surface area contributed by atoms with E-state index in [1.54, 1.807) is 0 Å². The fourth-order valence-electron chi connectivity index (χ4n) is 3.78. The van der Waals surface area contributed by atoms with E-state index in [1.807, 2.05) is 49.9 Å². The number of aromatic nitrogens is 1. The number of ether oxygens (including phenoxy) is 1. The number of halogens is 1. The highest BCUT2D eigenvalue weighted by Gasteiger charge is 2.37. The van der Waals surface area contributed by atoms with Gasteiger partial charge in [0.1, 0.15) is 11.4 Å². The summed E-state index contributed by atoms with van der Waals surface area (Å²) in [7, 11) is 0. The summed E-state index contributed by atoms with van der Waals surface area (Å²) in [4.78, 5) is 14.2. The summed E-state index contributed by atoms with van der Waals surface area (Å²) in [6.07, 6.45) is 6.56. The maximum Gasteiger partial charge on any atom is 0.410 e. The number of carbonyl (C=O) groups excluding carboxylic acids is 1. The zero-order chi connectivity index (χ0) is 19.5. The van der Waals surface area contributed by atoms with Crippen molar-refractivity contribution in [2.75, 3.05) is 13.1 Å². The van der Waals surface area contributed by atoms with E-state index in [1.165, 1.54) is 12.1 Å². The Balaban J connectivity index is 1.72. The van der Waals surface area contributed by atoms with Gasteiger partial charge in [0.25, 0.3) is 0 Å². The summed E-state index contributed by atoms with van der Waals surface area (Å²) in [5.74, 6) is -0.210. The highest BCUT2D eigenvalue weighted by Crippen LogP contribution is 2.37. The molecule has 146 valence electrons. The molecule has 3 rings (SSSR count). The molecule has 1 aliphatic rings. The van der Waals surface area contributed by atoms with Gasteiger partial charge >= 0.3 is 6.09 Å². The fraction of sp³-hybridized carbons (Fsp3) is 0.500. The van der Waals surface area contributed by atoms with Crippen molar-refractivity contribution in [3.63, 3.8) is 0 Å². The zero-order valence-corrected chi connectivity index (χ0v) is 16.5. The SMILES string of the molecule is CC(C)(C)OC(=O)N1CCC(Cc2ccc(F)cc2)(Cn2cccc2)CC1. The Morgan fingerprint density at radius 1 is 1.11 bits per heavy atom. The molecule has 2 heterocycles. The molecule has 0 bridgehead atoms. The molecule has 2 aromatic rings. The molecule has 0 spiro atoms. The van der Waals surface area contributed by atoms with Gasteiger partial charge in [-0.25, -0.2) is 9.18 Å². The molecule has 0 N–H and O–H groups in total. The molecule has 0 atom stereocenters. The summed E-state index contributed by atoms with van der Waals surface area (Å²) in [5.41, 5.74) is 0.689. The molecule has 5 heteroatoms. The topological polar surface area (TPSA) is 34.5 Å². The van der Waals surface area contributed by atoms with Gasteiger partial charge in [0, 0.05) is 32.0 Å². The van der Waals surface area contributed by atoms with Crippen molar-refractivity contribution in [3.8, 4) is 0 Å². The van der Waals surface area contributed by atoms with Crippen LogP contribution in [-0.2, 0) is 17.7 Å². The van der Waals surface area contributed by atoms with Crippen molar-refractivity contribution in [1.82, 2.24) is 9.47 Å². The van der Waals surface area contributed by atoms with Crippen LogP contribution in [0.15, 0.2) is 48.8 Å². The van der Waals surface area contributed by atoms with E-state index in [4.69, 9.17) is 4.74 Å². The summed E-state index contributed by atoms with van der Waals surface area (Å²) < 4.78 is 21.0. The monoisotopic (exact) mass is 372 g/mol. The van der Waals surface area contributed by atoms with Crippen LogP contribution in [0, 0.1) is 11.2 Å². The summed E-state index contributed by atoms with van der Waals surface area (Å²) >= 11 is 0. The molecule has 0 unspecified atom stereocenters. The van der Waals surface area contributed by atoms with Crippen LogP contribution in [0.2, 0.25) is 0 Å². The lowest BCUT2D eigenvalue weighted by atomic mass is 9.73. The second-order valence-corrected chi connectivity index (χ2v) is 8.63. The van der Waals surface area contributed by atoms with E-state index in [0.717, 1.165) is 31.4 Å². The Hall–Kier alpha value is -2.30. The number of likely N-dealkylation sites (tertiary alicyclic amines) is 1. The molecule has 0 saturated carbocycles. The van der Waals surface area contributed by atoms with Crippen LogP contribution < -0.4 is 0 Å². The minimum absolute atomic E-state index is 0.0371. The van der Waals surface area contributed by atoms with Gasteiger partial charge < -0.3 is 14.2 Å². The van der Waals surface area contributed by atoms with E-state index >= 15 is 0 Å². The Kier molecular flexibility index (Phi) is 5.59. The Labute approximate surface area is 160 Å². The van der Waals surface area contributed by atoms with E-state index in [0.29, 0.717) is 13.1 Å². The van der Waals surface area contributed by atoms with Crippen LogP contribution in [0.4, 0.5) is 9.18 Å². The molecular formula is C22H29FN2O2. The van der Waals surface area contributed by atoms with Gasteiger partial charge in [0.05, 0.1) is 0 Å². The summed E-state index contributed by atoms with van der Waals surface area (Å²) in [5, 5.41) is 0. The minimum Gasteiger partial charge on any atom is -0.444 e. The first-order valence-corrected chi connectivity index (χ1v) is 9.58. The van der Waals surface area contributed by atoms with Gasteiger partial charge in [-0.1, -0.05) is 12.1 Å². The Morgan fingerprint density at radius 3 is 2.26 bits per heavy atom. The van der Waals surface area contributed by atoms with Crippen molar-refractivity contribution in [2.24, 2.45) is 5.41 Å². The molecule has 0 aliphatic carbocycles. The lowest BCUT2D eigenvalue weighted by molar-refractivity contribution is 0.00769. The maximum atomic E-state index is 13.3. The maximum absolute atomic E-state index is 13.3. The highest BCUT2D eigenvalue weighted by molar-refractivity contribution is 5.68. The number of benzene rings is 1. The highest BCUT2D eigenvalue weighted by atomic mass is 19.1. The first-order valence-electron chi connectivity index (χ1n) is 9.58. The van der Waals surface area contributed by atoms with Crippen LogP contribution >= 0.6 is 0 Å². The smallest absolute Gasteiger partial charge is 0.410 e.